The summed E-state index contributed by atoms with van der Waals surface area (Å²) in [4.78, 5) is 38.4. The maximum absolute atomic E-state index is 13.4. The molecule has 36 heavy (non-hydrogen) atoms. The molecular weight excluding hydrogens is 454 g/mol. The van der Waals surface area contributed by atoms with Crippen molar-refractivity contribution in [1.29, 1.82) is 0 Å². The molecule has 0 spiro atoms. The predicted molar refractivity (Wildman–Crippen MR) is 140 cm³/mol. The second kappa shape index (κ2) is 9.22. The number of carbonyl (C=O) groups excluding carboxylic acids is 2. The number of hydrogen-bond donors (Lipinski definition) is 1. The van der Waals surface area contributed by atoms with Gasteiger partial charge in [0.25, 0.3) is 11.8 Å². The van der Waals surface area contributed by atoms with E-state index < -0.39 is 5.54 Å². The fourth-order valence-electron chi connectivity index (χ4n) is 5.22. The van der Waals surface area contributed by atoms with Crippen LogP contribution in [0.1, 0.15) is 58.5 Å². The molecule has 3 aromatic rings. The molecule has 2 aliphatic heterocycles. The number of likely N-dealkylation sites (tertiary alicyclic amines) is 1. The minimum Gasteiger partial charge on any atom is -0.381 e. The molecule has 1 aromatic carbocycles. The molecule has 1 fully saturated rings. The summed E-state index contributed by atoms with van der Waals surface area (Å²) < 4.78 is 1.64. The zero-order valence-corrected chi connectivity index (χ0v) is 21.1. The van der Waals surface area contributed by atoms with Crippen LogP contribution in [0.25, 0.3) is 0 Å². The van der Waals surface area contributed by atoms with Gasteiger partial charge < -0.3 is 10.2 Å². The first kappa shape index (κ1) is 23.7. The van der Waals surface area contributed by atoms with Crippen LogP contribution in [0.15, 0.2) is 54.0 Å². The Morgan fingerprint density at radius 1 is 1.17 bits per heavy atom. The van der Waals surface area contributed by atoms with E-state index in [2.05, 4.69) is 34.2 Å². The fourth-order valence-corrected chi connectivity index (χ4v) is 5.22. The van der Waals surface area contributed by atoms with Crippen LogP contribution in [0.4, 0.5) is 11.4 Å². The standard InChI is InChI=1S/C27H31N7O2/c1-27(2)24-11-18(13-28-3)5-6-23(24)26(36)34(27)22-12-21(15-29-16-22)31-20-7-9-33(10-8-20)25(35)19-14-30-32(4)17-19/h5-6,11-17,20,31H,7-10H2,1-4H3/b28-13+. The molecule has 4 heterocycles. The van der Waals surface area contributed by atoms with Gasteiger partial charge in [-0.15, -0.1) is 0 Å². The minimum absolute atomic E-state index is 0.0212. The number of hydrogen-bond acceptors (Lipinski definition) is 6. The molecule has 2 amide bonds. The van der Waals surface area contributed by atoms with Gasteiger partial charge in [-0.1, -0.05) is 6.07 Å². The van der Waals surface area contributed by atoms with E-state index in [1.54, 1.807) is 42.7 Å². The Morgan fingerprint density at radius 2 is 1.94 bits per heavy atom. The normalized spacial score (nSPS) is 17.6. The second-order valence-electron chi connectivity index (χ2n) is 9.94. The van der Waals surface area contributed by atoms with Gasteiger partial charge in [-0.05, 0) is 56.0 Å². The van der Waals surface area contributed by atoms with E-state index in [9.17, 15) is 9.59 Å². The number of aromatic nitrogens is 3. The Labute approximate surface area is 210 Å². The number of benzene rings is 1. The maximum Gasteiger partial charge on any atom is 0.259 e. The number of carbonyl (C=O) groups is 2. The van der Waals surface area contributed by atoms with Gasteiger partial charge in [0.2, 0.25) is 0 Å². The van der Waals surface area contributed by atoms with Crippen molar-refractivity contribution in [3.63, 3.8) is 0 Å². The van der Waals surface area contributed by atoms with Crippen molar-refractivity contribution in [2.45, 2.75) is 38.3 Å². The summed E-state index contributed by atoms with van der Waals surface area (Å²) in [6.07, 6.45) is 10.3. The Bertz CT molecular complexity index is 1340. The molecule has 2 aromatic heterocycles. The summed E-state index contributed by atoms with van der Waals surface area (Å²) >= 11 is 0. The summed E-state index contributed by atoms with van der Waals surface area (Å²) in [5.41, 5.74) is 4.37. The molecule has 2 aliphatic rings. The maximum atomic E-state index is 13.4. The number of nitrogens with zero attached hydrogens (tertiary/aromatic N) is 6. The molecule has 9 nitrogen and oxygen atoms in total. The molecular formula is C27H31N7O2. The van der Waals surface area contributed by atoms with Crippen LogP contribution in [-0.4, -0.2) is 63.9 Å². The summed E-state index contributed by atoms with van der Waals surface area (Å²) in [5, 5.41) is 7.67. The van der Waals surface area contributed by atoms with Crippen LogP contribution < -0.4 is 10.2 Å². The smallest absolute Gasteiger partial charge is 0.259 e. The zero-order valence-electron chi connectivity index (χ0n) is 21.1. The van der Waals surface area contributed by atoms with E-state index in [0.717, 1.165) is 35.3 Å². The van der Waals surface area contributed by atoms with Crippen molar-refractivity contribution in [1.82, 2.24) is 19.7 Å². The number of nitrogens with one attached hydrogen (secondary N) is 1. The molecule has 0 aliphatic carbocycles. The third-order valence-electron chi connectivity index (χ3n) is 7.06. The summed E-state index contributed by atoms with van der Waals surface area (Å²) in [7, 11) is 3.55. The third kappa shape index (κ3) is 4.25. The van der Waals surface area contributed by atoms with Gasteiger partial charge in [0.05, 0.1) is 41.1 Å². The van der Waals surface area contributed by atoms with Crippen LogP contribution in [0, 0.1) is 0 Å². The Balaban J connectivity index is 1.28. The third-order valence-corrected chi connectivity index (χ3v) is 7.06. The monoisotopic (exact) mass is 485 g/mol. The molecule has 1 N–H and O–H groups in total. The highest BCUT2D eigenvalue weighted by atomic mass is 16.2. The number of piperidine rings is 1. The fraction of sp³-hybridized carbons (Fsp3) is 0.370. The molecule has 0 unspecified atom stereocenters. The SMILES string of the molecule is C/N=C/c1ccc2c(c1)C(C)(C)N(c1cncc(NC3CCN(C(=O)c4cnn(C)c4)CC3)c1)C2=O. The first-order valence-electron chi connectivity index (χ1n) is 12.2. The summed E-state index contributed by atoms with van der Waals surface area (Å²) in [6.45, 7) is 5.46. The lowest BCUT2D eigenvalue weighted by molar-refractivity contribution is 0.0718. The minimum atomic E-state index is -0.525. The summed E-state index contributed by atoms with van der Waals surface area (Å²) in [5.74, 6) is -0.0101. The molecule has 9 heteroatoms. The molecule has 0 saturated carbocycles. The average Bonchev–Trinajstić information content (AvgIpc) is 3.38. The second-order valence-corrected chi connectivity index (χ2v) is 9.94. The average molecular weight is 486 g/mol. The van der Waals surface area contributed by atoms with E-state index in [1.807, 2.05) is 41.1 Å². The van der Waals surface area contributed by atoms with Crippen molar-refractivity contribution in [3.05, 3.63) is 71.3 Å². The highest BCUT2D eigenvalue weighted by Crippen LogP contribution is 2.42. The van der Waals surface area contributed by atoms with Crippen molar-refractivity contribution in [2.75, 3.05) is 30.4 Å². The van der Waals surface area contributed by atoms with Gasteiger partial charge >= 0.3 is 0 Å². The van der Waals surface area contributed by atoms with Gasteiger partial charge in [-0.2, -0.15) is 5.10 Å². The van der Waals surface area contributed by atoms with E-state index in [-0.39, 0.29) is 17.9 Å². The number of pyridine rings is 1. The van der Waals surface area contributed by atoms with Gasteiger partial charge in [-0.3, -0.25) is 29.1 Å². The number of aliphatic imine (C=N–C) groups is 1. The molecule has 5 rings (SSSR count). The predicted octanol–water partition coefficient (Wildman–Crippen LogP) is 3.48. The van der Waals surface area contributed by atoms with Gasteiger partial charge in [-0.25, -0.2) is 0 Å². The lowest BCUT2D eigenvalue weighted by Crippen LogP contribution is -2.42. The molecule has 1 saturated heterocycles. The highest BCUT2D eigenvalue weighted by Gasteiger charge is 2.44. The van der Waals surface area contributed by atoms with E-state index in [4.69, 9.17) is 0 Å². The number of fused-ring (bicyclic) bond motifs is 1. The van der Waals surface area contributed by atoms with Gasteiger partial charge in [0, 0.05) is 51.2 Å². The first-order valence-corrected chi connectivity index (χ1v) is 12.2. The van der Waals surface area contributed by atoms with Crippen LogP contribution in [0.5, 0.6) is 0 Å². The van der Waals surface area contributed by atoms with Crippen molar-refractivity contribution < 1.29 is 9.59 Å². The highest BCUT2D eigenvalue weighted by molar-refractivity contribution is 6.12. The largest absolute Gasteiger partial charge is 0.381 e. The van der Waals surface area contributed by atoms with Crippen LogP contribution >= 0.6 is 0 Å². The lowest BCUT2D eigenvalue weighted by atomic mass is 9.92. The van der Waals surface area contributed by atoms with E-state index in [1.165, 1.54) is 0 Å². The van der Waals surface area contributed by atoms with Crippen molar-refractivity contribution in [3.8, 4) is 0 Å². The summed E-state index contributed by atoms with van der Waals surface area (Å²) in [6, 6.07) is 8.05. The first-order chi connectivity index (χ1) is 17.3. The number of amides is 2. The Morgan fingerprint density at radius 3 is 2.64 bits per heavy atom. The lowest BCUT2D eigenvalue weighted by Gasteiger charge is -2.34. The van der Waals surface area contributed by atoms with Gasteiger partial charge in [0.1, 0.15) is 0 Å². The van der Waals surface area contributed by atoms with Crippen molar-refractivity contribution in [2.24, 2.45) is 12.0 Å². The Kier molecular flexibility index (Phi) is 6.07. The topological polar surface area (TPSA) is 95.7 Å². The number of anilines is 2. The quantitative estimate of drug-likeness (QED) is 0.559. The molecule has 0 radical (unpaired) electrons. The Hall–Kier alpha value is -4.01. The van der Waals surface area contributed by atoms with Crippen molar-refractivity contribution >= 4 is 29.4 Å². The van der Waals surface area contributed by atoms with E-state index >= 15 is 0 Å². The molecule has 0 bridgehead atoms. The van der Waals surface area contributed by atoms with Crippen LogP contribution in [-0.2, 0) is 12.6 Å². The molecule has 186 valence electrons. The van der Waals surface area contributed by atoms with Crippen LogP contribution in [0.3, 0.4) is 0 Å². The zero-order chi connectivity index (χ0) is 25.4. The number of rotatable bonds is 5. The van der Waals surface area contributed by atoms with E-state index in [0.29, 0.717) is 24.2 Å². The van der Waals surface area contributed by atoms with Crippen LogP contribution in [0.2, 0.25) is 0 Å². The van der Waals surface area contributed by atoms with Gasteiger partial charge in [0.15, 0.2) is 0 Å². The molecule has 0 atom stereocenters. The number of aryl methyl sites for hydroxylation is 1.